The van der Waals surface area contributed by atoms with Gasteiger partial charge in [-0.25, -0.2) is 0 Å². The Morgan fingerprint density at radius 1 is 0.905 bits per heavy atom. The van der Waals surface area contributed by atoms with E-state index in [0.29, 0.717) is 0 Å². The maximum atomic E-state index is 11.0. The topological polar surface area (TPSA) is 20.2 Å². The number of hydrogen-bond acceptors (Lipinski definition) is 1. The Hall–Kier alpha value is -1.64. The van der Waals surface area contributed by atoms with Gasteiger partial charge in [-0.3, -0.25) is 0 Å². The standard InChI is InChI=1S/C19H24OSi/c1-5-18(20)21(19(2,3)4,16-12-8-6-9-13-16)17-14-10-7-11-15-17/h5-15,18,20H,1H2,2-4H3. The van der Waals surface area contributed by atoms with Gasteiger partial charge in [-0.15, -0.1) is 6.58 Å². The first-order chi connectivity index (χ1) is 9.94. The zero-order chi connectivity index (χ0) is 15.5. The molecule has 0 radical (unpaired) electrons. The van der Waals surface area contributed by atoms with Gasteiger partial charge >= 0.3 is 0 Å². The summed E-state index contributed by atoms with van der Waals surface area (Å²) < 4.78 is 0. The van der Waals surface area contributed by atoms with Crippen LogP contribution in [-0.4, -0.2) is 18.9 Å². The predicted octanol–water partition coefficient (Wildman–Crippen LogP) is 3.14. The van der Waals surface area contributed by atoms with E-state index in [1.807, 2.05) is 12.1 Å². The molecule has 2 heteroatoms. The van der Waals surface area contributed by atoms with Gasteiger partial charge in [-0.1, -0.05) is 97.9 Å². The highest BCUT2D eigenvalue weighted by Gasteiger charge is 2.51. The van der Waals surface area contributed by atoms with E-state index in [1.165, 1.54) is 10.4 Å². The summed E-state index contributed by atoms with van der Waals surface area (Å²) in [6, 6.07) is 20.9. The largest absolute Gasteiger partial charge is 0.392 e. The molecule has 1 N–H and O–H groups in total. The van der Waals surface area contributed by atoms with Gasteiger partial charge in [0.05, 0.1) is 5.73 Å². The fourth-order valence-corrected chi connectivity index (χ4v) is 8.82. The third-order valence-electron chi connectivity index (χ3n) is 4.31. The number of benzene rings is 2. The molecule has 21 heavy (non-hydrogen) atoms. The van der Waals surface area contributed by atoms with Crippen molar-refractivity contribution >= 4 is 18.4 Å². The Balaban J connectivity index is 2.82. The monoisotopic (exact) mass is 296 g/mol. The summed E-state index contributed by atoms with van der Waals surface area (Å²) in [5.74, 6) is 0. The highest BCUT2D eigenvalue weighted by Crippen LogP contribution is 2.38. The maximum absolute atomic E-state index is 11.0. The molecule has 2 aromatic carbocycles. The molecule has 0 saturated carbocycles. The molecule has 0 aliphatic carbocycles. The van der Waals surface area contributed by atoms with Crippen molar-refractivity contribution in [1.82, 2.24) is 0 Å². The molecule has 0 saturated heterocycles. The lowest BCUT2D eigenvalue weighted by molar-refractivity contribution is 0.287. The van der Waals surface area contributed by atoms with E-state index in [9.17, 15) is 5.11 Å². The first-order valence-electron chi connectivity index (χ1n) is 7.36. The first kappa shape index (κ1) is 15.7. The van der Waals surface area contributed by atoms with E-state index >= 15 is 0 Å². The van der Waals surface area contributed by atoms with E-state index in [2.05, 4.69) is 75.9 Å². The molecular weight excluding hydrogens is 272 g/mol. The van der Waals surface area contributed by atoms with E-state index in [0.717, 1.165) is 0 Å². The molecule has 2 aromatic rings. The summed E-state index contributed by atoms with van der Waals surface area (Å²) in [5.41, 5.74) is -0.526. The number of rotatable bonds is 4. The Bertz CT molecular complexity index is 544. The van der Waals surface area contributed by atoms with Gasteiger partial charge in [0.25, 0.3) is 0 Å². The van der Waals surface area contributed by atoms with Crippen LogP contribution in [0.25, 0.3) is 0 Å². The van der Waals surface area contributed by atoms with Crippen molar-refractivity contribution in [1.29, 1.82) is 0 Å². The lowest BCUT2D eigenvalue weighted by Gasteiger charge is -2.46. The third kappa shape index (κ3) is 2.61. The van der Waals surface area contributed by atoms with Crippen molar-refractivity contribution in [3.63, 3.8) is 0 Å². The Morgan fingerprint density at radius 2 is 1.29 bits per heavy atom. The lowest BCUT2D eigenvalue weighted by atomic mass is 10.2. The van der Waals surface area contributed by atoms with Crippen LogP contribution in [0.3, 0.4) is 0 Å². The lowest BCUT2D eigenvalue weighted by Crippen LogP contribution is -2.71. The third-order valence-corrected chi connectivity index (χ3v) is 10.3. The van der Waals surface area contributed by atoms with Gasteiger partial charge in [0.1, 0.15) is 0 Å². The van der Waals surface area contributed by atoms with Crippen LogP contribution >= 0.6 is 0 Å². The quantitative estimate of drug-likeness (QED) is 0.679. The molecule has 0 bridgehead atoms. The van der Waals surface area contributed by atoms with Crippen LogP contribution in [0.15, 0.2) is 73.3 Å². The number of aliphatic hydroxyl groups is 1. The molecule has 2 rings (SSSR count). The SMILES string of the molecule is C=CC(O)[Si](c1ccccc1)(c1ccccc1)C(C)(C)C. The Kier molecular flexibility index (Phi) is 4.50. The van der Waals surface area contributed by atoms with Crippen molar-refractivity contribution in [2.45, 2.75) is 31.5 Å². The zero-order valence-corrected chi connectivity index (χ0v) is 14.1. The molecule has 0 heterocycles. The molecule has 0 aromatic heterocycles. The van der Waals surface area contributed by atoms with Gasteiger partial charge in [0.2, 0.25) is 0 Å². The molecule has 0 aliphatic rings. The Labute approximate surface area is 129 Å². The summed E-state index contributed by atoms with van der Waals surface area (Å²) in [7, 11) is -2.42. The van der Waals surface area contributed by atoms with Gasteiger partial charge in [0, 0.05) is 0 Å². The smallest absolute Gasteiger partial charge is 0.158 e. The van der Waals surface area contributed by atoms with Crippen molar-refractivity contribution < 1.29 is 5.11 Å². The predicted molar refractivity (Wildman–Crippen MR) is 93.8 cm³/mol. The molecule has 1 unspecified atom stereocenters. The minimum absolute atomic E-state index is 0.0384. The molecule has 1 nitrogen and oxygen atoms in total. The minimum atomic E-state index is -2.42. The zero-order valence-electron chi connectivity index (χ0n) is 13.1. The highest BCUT2D eigenvalue weighted by molar-refractivity contribution is 7.05. The van der Waals surface area contributed by atoms with Crippen LogP contribution in [0.1, 0.15) is 20.8 Å². The first-order valence-corrected chi connectivity index (χ1v) is 9.44. The summed E-state index contributed by atoms with van der Waals surface area (Å²) in [6.07, 6.45) is 1.71. The van der Waals surface area contributed by atoms with Crippen molar-refractivity contribution in [2.75, 3.05) is 0 Å². The average Bonchev–Trinajstić information content (AvgIpc) is 2.48. The van der Waals surface area contributed by atoms with Crippen molar-refractivity contribution in [3.05, 3.63) is 73.3 Å². The van der Waals surface area contributed by atoms with Crippen LogP contribution in [-0.2, 0) is 0 Å². The minimum Gasteiger partial charge on any atom is -0.392 e. The fourth-order valence-electron chi connectivity index (χ4n) is 3.40. The van der Waals surface area contributed by atoms with Gasteiger partial charge in [0.15, 0.2) is 8.07 Å². The molecule has 110 valence electrons. The second-order valence-electron chi connectivity index (χ2n) is 6.47. The fraction of sp³-hybridized carbons (Fsp3) is 0.263. The van der Waals surface area contributed by atoms with Crippen molar-refractivity contribution in [3.8, 4) is 0 Å². The molecule has 0 spiro atoms. The summed E-state index contributed by atoms with van der Waals surface area (Å²) in [5, 5.41) is 13.4. The highest BCUT2D eigenvalue weighted by atomic mass is 28.3. The summed E-state index contributed by atoms with van der Waals surface area (Å²) >= 11 is 0. The van der Waals surface area contributed by atoms with Crippen LogP contribution in [0, 0.1) is 0 Å². The van der Waals surface area contributed by atoms with Gasteiger partial charge in [-0.05, 0) is 5.04 Å². The van der Waals surface area contributed by atoms with Gasteiger partial charge in [-0.2, -0.15) is 0 Å². The molecule has 0 aliphatic heterocycles. The molecule has 0 fully saturated rings. The van der Waals surface area contributed by atoms with E-state index in [1.54, 1.807) is 6.08 Å². The second kappa shape index (κ2) is 6.00. The van der Waals surface area contributed by atoms with Gasteiger partial charge < -0.3 is 5.11 Å². The molecular formula is C19H24OSi. The Morgan fingerprint density at radius 3 is 1.57 bits per heavy atom. The second-order valence-corrected chi connectivity index (χ2v) is 11.3. The number of hydrogen-bond donors (Lipinski definition) is 1. The van der Waals surface area contributed by atoms with Crippen LogP contribution in [0.5, 0.6) is 0 Å². The maximum Gasteiger partial charge on any atom is 0.158 e. The van der Waals surface area contributed by atoms with E-state index < -0.39 is 13.8 Å². The van der Waals surface area contributed by atoms with E-state index in [-0.39, 0.29) is 5.04 Å². The summed E-state index contributed by atoms with van der Waals surface area (Å²) in [6.45, 7) is 10.6. The normalized spacial score (nSPS) is 13.7. The van der Waals surface area contributed by atoms with Crippen LogP contribution in [0.4, 0.5) is 0 Å². The van der Waals surface area contributed by atoms with E-state index in [4.69, 9.17) is 0 Å². The van der Waals surface area contributed by atoms with Crippen molar-refractivity contribution in [2.24, 2.45) is 0 Å². The van der Waals surface area contributed by atoms with Crippen LogP contribution < -0.4 is 10.4 Å². The number of aliphatic hydroxyl groups excluding tert-OH is 1. The average molecular weight is 296 g/mol. The summed E-state index contributed by atoms with van der Waals surface area (Å²) in [4.78, 5) is 0. The van der Waals surface area contributed by atoms with Crippen LogP contribution in [0.2, 0.25) is 5.04 Å². The molecule has 1 atom stereocenters. The molecule has 0 amide bonds.